The van der Waals surface area contributed by atoms with Gasteiger partial charge in [0.2, 0.25) is 0 Å². The Kier molecular flexibility index (Phi) is 6.60. The molecule has 1 heterocycles. The van der Waals surface area contributed by atoms with Crippen LogP contribution in [0, 0.1) is 12.8 Å². The molecular weight excluding hydrogens is 254 g/mol. The van der Waals surface area contributed by atoms with Gasteiger partial charge in [-0.25, -0.2) is 0 Å². The van der Waals surface area contributed by atoms with Gasteiger partial charge in [-0.2, -0.15) is 0 Å². The predicted octanol–water partition coefficient (Wildman–Crippen LogP) is 3.83. The Labute approximate surface area is 112 Å². The van der Waals surface area contributed by atoms with E-state index in [-0.39, 0.29) is 5.91 Å². The van der Waals surface area contributed by atoms with Gasteiger partial charge < -0.3 is 5.32 Å². The van der Waals surface area contributed by atoms with Crippen molar-refractivity contribution in [2.75, 3.05) is 12.4 Å². The van der Waals surface area contributed by atoms with Crippen LogP contribution in [-0.4, -0.2) is 18.3 Å². The van der Waals surface area contributed by atoms with Gasteiger partial charge in [-0.3, -0.25) is 4.79 Å². The minimum Gasteiger partial charge on any atom is -0.351 e. The van der Waals surface area contributed by atoms with Gasteiger partial charge in [0.1, 0.15) is 0 Å². The molecule has 4 heteroatoms. The first-order valence-electron chi connectivity index (χ1n) is 6.07. The van der Waals surface area contributed by atoms with Crippen LogP contribution in [0.5, 0.6) is 0 Å². The SMILES string of the molecule is CCCC(CCCl)CNC(=O)c1sccc1C. The maximum absolute atomic E-state index is 11.9. The number of rotatable bonds is 7. The Morgan fingerprint density at radius 3 is 2.82 bits per heavy atom. The van der Waals surface area contributed by atoms with E-state index in [0.717, 1.165) is 36.2 Å². The molecule has 0 saturated heterocycles. The number of hydrogen-bond donors (Lipinski definition) is 1. The fourth-order valence-corrected chi connectivity index (χ4v) is 2.98. The van der Waals surface area contributed by atoms with Crippen LogP contribution in [0.2, 0.25) is 0 Å². The van der Waals surface area contributed by atoms with Crippen molar-refractivity contribution in [1.29, 1.82) is 0 Å². The second kappa shape index (κ2) is 7.72. The van der Waals surface area contributed by atoms with Crippen LogP contribution in [0.3, 0.4) is 0 Å². The molecule has 0 aromatic carbocycles. The minimum atomic E-state index is 0.0492. The van der Waals surface area contributed by atoms with E-state index < -0.39 is 0 Å². The standard InChI is InChI=1S/C13H20ClNOS/c1-3-4-11(5-7-14)9-15-13(16)12-10(2)6-8-17-12/h6,8,11H,3-5,7,9H2,1-2H3,(H,15,16). The Hall–Kier alpha value is -0.540. The van der Waals surface area contributed by atoms with Crippen LogP contribution in [0.4, 0.5) is 0 Å². The Bertz CT molecular complexity index is 345. The summed E-state index contributed by atoms with van der Waals surface area (Å²) in [6.45, 7) is 4.86. The van der Waals surface area contributed by atoms with Gasteiger partial charge in [-0.15, -0.1) is 22.9 Å². The zero-order valence-corrected chi connectivity index (χ0v) is 12.0. The summed E-state index contributed by atoms with van der Waals surface area (Å²) < 4.78 is 0. The van der Waals surface area contributed by atoms with E-state index in [2.05, 4.69) is 12.2 Å². The number of alkyl halides is 1. The van der Waals surface area contributed by atoms with E-state index in [9.17, 15) is 4.79 Å². The van der Waals surface area contributed by atoms with Gasteiger partial charge >= 0.3 is 0 Å². The van der Waals surface area contributed by atoms with Crippen molar-refractivity contribution in [2.24, 2.45) is 5.92 Å². The summed E-state index contributed by atoms with van der Waals surface area (Å²) in [5.41, 5.74) is 1.05. The molecule has 0 aliphatic carbocycles. The number of thiophene rings is 1. The molecule has 0 spiro atoms. The molecule has 1 N–H and O–H groups in total. The lowest BCUT2D eigenvalue weighted by atomic mass is 10.0. The first-order chi connectivity index (χ1) is 8.19. The van der Waals surface area contributed by atoms with Crippen molar-refractivity contribution in [1.82, 2.24) is 5.32 Å². The first-order valence-corrected chi connectivity index (χ1v) is 7.48. The normalized spacial score (nSPS) is 12.4. The monoisotopic (exact) mass is 273 g/mol. The molecule has 2 nitrogen and oxygen atoms in total. The molecule has 1 amide bonds. The molecule has 1 unspecified atom stereocenters. The third-order valence-electron chi connectivity index (χ3n) is 2.83. The van der Waals surface area contributed by atoms with E-state index in [1.807, 2.05) is 18.4 Å². The lowest BCUT2D eigenvalue weighted by Gasteiger charge is -2.15. The molecule has 1 rings (SSSR count). The molecule has 17 heavy (non-hydrogen) atoms. The maximum atomic E-state index is 11.9. The van der Waals surface area contributed by atoms with Gasteiger partial charge in [0.15, 0.2) is 0 Å². The number of nitrogens with one attached hydrogen (secondary N) is 1. The number of halogens is 1. The number of carbonyl (C=O) groups excluding carboxylic acids is 1. The average molecular weight is 274 g/mol. The Morgan fingerprint density at radius 2 is 2.29 bits per heavy atom. The highest BCUT2D eigenvalue weighted by molar-refractivity contribution is 7.12. The van der Waals surface area contributed by atoms with Crippen LogP contribution in [-0.2, 0) is 0 Å². The van der Waals surface area contributed by atoms with Crippen LogP contribution in [0.25, 0.3) is 0 Å². The molecule has 96 valence electrons. The number of hydrogen-bond acceptors (Lipinski definition) is 2. The third kappa shape index (κ3) is 4.68. The van der Waals surface area contributed by atoms with E-state index in [4.69, 9.17) is 11.6 Å². The van der Waals surface area contributed by atoms with Gasteiger partial charge in [-0.05, 0) is 42.7 Å². The molecule has 0 saturated carbocycles. The molecular formula is C13H20ClNOS. The zero-order chi connectivity index (χ0) is 12.7. The van der Waals surface area contributed by atoms with Crippen molar-refractivity contribution in [3.05, 3.63) is 21.9 Å². The average Bonchev–Trinajstić information content (AvgIpc) is 2.72. The van der Waals surface area contributed by atoms with Crippen molar-refractivity contribution >= 4 is 28.8 Å². The fourth-order valence-electron chi connectivity index (χ4n) is 1.83. The smallest absolute Gasteiger partial charge is 0.261 e. The summed E-state index contributed by atoms with van der Waals surface area (Å²) >= 11 is 7.26. The van der Waals surface area contributed by atoms with Crippen molar-refractivity contribution in [2.45, 2.75) is 33.1 Å². The number of aryl methyl sites for hydroxylation is 1. The molecule has 1 aromatic rings. The molecule has 0 fully saturated rings. The van der Waals surface area contributed by atoms with Gasteiger partial charge in [0.25, 0.3) is 5.91 Å². The number of carbonyl (C=O) groups is 1. The van der Waals surface area contributed by atoms with E-state index in [1.54, 1.807) is 0 Å². The fraction of sp³-hybridized carbons (Fsp3) is 0.615. The second-order valence-electron chi connectivity index (χ2n) is 4.28. The van der Waals surface area contributed by atoms with Gasteiger partial charge in [-0.1, -0.05) is 13.3 Å². The van der Waals surface area contributed by atoms with Gasteiger partial charge in [0.05, 0.1) is 4.88 Å². The quantitative estimate of drug-likeness (QED) is 0.752. The van der Waals surface area contributed by atoms with E-state index in [0.29, 0.717) is 11.8 Å². The van der Waals surface area contributed by atoms with Crippen molar-refractivity contribution in [3.8, 4) is 0 Å². The Balaban J connectivity index is 2.43. The molecule has 0 aliphatic rings. The summed E-state index contributed by atoms with van der Waals surface area (Å²) in [6.07, 6.45) is 3.23. The topological polar surface area (TPSA) is 29.1 Å². The maximum Gasteiger partial charge on any atom is 0.261 e. The first kappa shape index (κ1) is 14.5. The van der Waals surface area contributed by atoms with Crippen molar-refractivity contribution < 1.29 is 4.79 Å². The van der Waals surface area contributed by atoms with Crippen LogP contribution < -0.4 is 5.32 Å². The molecule has 1 atom stereocenters. The highest BCUT2D eigenvalue weighted by atomic mass is 35.5. The largest absolute Gasteiger partial charge is 0.351 e. The number of amides is 1. The summed E-state index contributed by atoms with van der Waals surface area (Å²) in [4.78, 5) is 12.7. The molecule has 1 aromatic heterocycles. The second-order valence-corrected chi connectivity index (χ2v) is 5.57. The van der Waals surface area contributed by atoms with Crippen molar-refractivity contribution in [3.63, 3.8) is 0 Å². The molecule has 0 radical (unpaired) electrons. The van der Waals surface area contributed by atoms with Gasteiger partial charge in [0, 0.05) is 12.4 Å². The summed E-state index contributed by atoms with van der Waals surface area (Å²) in [5, 5.41) is 4.96. The Morgan fingerprint density at radius 1 is 1.53 bits per heavy atom. The van der Waals surface area contributed by atoms with Crippen LogP contribution >= 0.6 is 22.9 Å². The zero-order valence-electron chi connectivity index (χ0n) is 10.5. The van der Waals surface area contributed by atoms with E-state index in [1.165, 1.54) is 11.3 Å². The summed E-state index contributed by atoms with van der Waals surface area (Å²) in [5.74, 6) is 1.22. The predicted molar refractivity (Wildman–Crippen MR) is 75.1 cm³/mol. The molecule has 0 bridgehead atoms. The summed E-state index contributed by atoms with van der Waals surface area (Å²) in [7, 11) is 0. The highest BCUT2D eigenvalue weighted by Crippen LogP contribution is 2.16. The highest BCUT2D eigenvalue weighted by Gasteiger charge is 2.13. The lowest BCUT2D eigenvalue weighted by molar-refractivity contribution is 0.0949. The van der Waals surface area contributed by atoms with E-state index >= 15 is 0 Å². The minimum absolute atomic E-state index is 0.0492. The van der Waals surface area contributed by atoms with Crippen LogP contribution in [0.1, 0.15) is 41.4 Å². The van der Waals surface area contributed by atoms with Crippen LogP contribution in [0.15, 0.2) is 11.4 Å². The third-order valence-corrected chi connectivity index (χ3v) is 4.07. The molecule has 0 aliphatic heterocycles. The lowest BCUT2D eigenvalue weighted by Crippen LogP contribution is -2.29. The summed E-state index contributed by atoms with van der Waals surface area (Å²) in [6, 6.07) is 1.97.